The molecule has 0 saturated carbocycles. The average molecular weight is 334 g/mol. The van der Waals surface area contributed by atoms with Crippen LogP contribution in [0, 0.1) is 0 Å². The van der Waals surface area contributed by atoms with Crippen LogP contribution in [0.5, 0.6) is 0 Å². The van der Waals surface area contributed by atoms with Gasteiger partial charge in [0.25, 0.3) is 11.8 Å². The molecular formula is C15H15F5N2O. The summed E-state index contributed by atoms with van der Waals surface area (Å²) in [4.78, 5) is 13.4. The van der Waals surface area contributed by atoms with Gasteiger partial charge in [0.1, 0.15) is 0 Å². The molecule has 1 aromatic rings. The van der Waals surface area contributed by atoms with Gasteiger partial charge in [0.05, 0.1) is 5.56 Å². The van der Waals surface area contributed by atoms with Crippen molar-refractivity contribution >= 4 is 5.91 Å². The highest BCUT2D eigenvalue weighted by Gasteiger charge is 2.38. The van der Waals surface area contributed by atoms with Crippen LogP contribution < -0.4 is 5.32 Å². The number of amides is 1. The van der Waals surface area contributed by atoms with Crippen molar-refractivity contribution in [3.05, 3.63) is 34.4 Å². The van der Waals surface area contributed by atoms with Gasteiger partial charge < -0.3 is 5.32 Å². The zero-order valence-corrected chi connectivity index (χ0v) is 12.1. The maximum atomic E-state index is 13.2. The number of benzene rings is 1. The number of halogens is 5. The Morgan fingerprint density at radius 2 is 1.83 bits per heavy atom. The lowest BCUT2D eigenvalue weighted by atomic mass is 9.98. The van der Waals surface area contributed by atoms with Gasteiger partial charge in [-0.25, -0.2) is 8.78 Å². The Balaban J connectivity index is 1.86. The molecule has 1 saturated heterocycles. The minimum absolute atomic E-state index is 0.0252. The first-order valence-electron chi connectivity index (χ1n) is 7.27. The molecule has 23 heavy (non-hydrogen) atoms. The van der Waals surface area contributed by atoms with Gasteiger partial charge in [-0.15, -0.1) is 0 Å². The molecule has 1 fully saturated rings. The lowest BCUT2D eigenvalue weighted by Crippen LogP contribution is -2.38. The normalized spacial score (nSPS) is 21.2. The zero-order valence-electron chi connectivity index (χ0n) is 12.1. The van der Waals surface area contributed by atoms with Crippen LogP contribution in [0.25, 0.3) is 0 Å². The first-order chi connectivity index (χ1) is 10.7. The van der Waals surface area contributed by atoms with Gasteiger partial charge >= 0.3 is 6.18 Å². The topological polar surface area (TPSA) is 32.3 Å². The Bertz CT molecular complexity index is 631. The maximum Gasteiger partial charge on any atom is 0.416 e. The zero-order chi connectivity index (χ0) is 16.8. The minimum Gasteiger partial charge on any atom is -0.348 e. The summed E-state index contributed by atoms with van der Waals surface area (Å²) < 4.78 is 65.8. The third kappa shape index (κ3) is 3.31. The average Bonchev–Trinajstić information content (AvgIpc) is 2.81. The molecule has 2 heterocycles. The highest BCUT2D eigenvalue weighted by Crippen LogP contribution is 2.36. The number of hydrogen-bond acceptors (Lipinski definition) is 2. The van der Waals surface area contributed by atoms with Gasteiger partial charge in [-0.2, -0.15) is 13.2 Å². The number of piperidine rings is 1. The predicted octanol–water partition coefficient (Wildman–Crippen LogP) is 3.18. The number of likely N-dealkylation sites (tertiary alicyclic amines) is 1. The number of alkyl halides is 5. The summed E-state index contributed by atoms with van der Waals surface area (Å²) in [5, 5.41) is 2.39. The number of nitrogens with one attached hydrogen (secondary N) is 1. The lowest BCUT2D eigenvalue weighted by Gasteiger charge is -2.31. The van der Waals surface area contributed by atoms with E-state index < -0.39 is 23.6 Å². The van der Waals surface area contributed by atoms with Crippen molar-refractivity contribution in [2.24, 2.45) is 0 Å². The van der Waals surface area contributed by atoms with Crippen molar-refractivity contribution in [1.29, 1.82) is 0 Å². The smallest absolute Gasteiger partial charge is 0.348 e. The Hall–Kier alpha value is -1.70. The van der Waals surface area contributed by atoms with E-state index in [2.05, 4.69) is 5.32 Å². The van der Waals surface area contributed by atoms with Crippen LogP contribution in [0.1, 0.15) is 39.9 Å². The summed E-state index contributed by atoms with van der Waals surface area (Å²) in [5.41, 5.74) is -0.530. The fraction of sp³-hybridized carbons (Fsp3) is 0.533. The summed E-state index contributed by atoms with van der Waals surface area (Å²) >= 11 is 0. The standard InChI is InChI=1S/C15H15F5N2O/c16-14(17)1-3-22(4-2-14)8-9-5-10-11(7-21-13(10)23)12(6-9)15(18,19)20/h5-6H,1-4,7-8H2,(H,21,23). The molecule has 0 aromatic heterocycles. The van der Waals surface area contributed by atoms with E-state index in [0.29, 0.717) is 5.56 Å². The fourth-order valence-corrected chi connectivity index (χ4v) is 3.03. The van der Waals surface area contributed by atoms with Crippen LogP contribution in [-0.4, -0.2) is 29.8 Å². The van der Waals surface area contributed by atoms with Crippen molar-refractivity contribution in [3.63, 3.8) is 0 Å². The van der Waals surface area contributed by atoms with Crippen LogP contribution in [0.4, 0.5) is 22.0 Å². The quantitative estimate of drug-likeness (QED) is 0.843. The molecular weight excluding hydrogens is 319 g/mol. The van der Waals surface area contributed by atoms with E-state index in [0.717, 1.165) is 6.07 Å². The second-order valence-corrected chi connectivity index (χ2v) is 5.98. The van der Waals surface area contributed by atoms with Gasteiger partial charge in [-0.05, 0) is 23.3 Å². The summed E-state index contributed by atoms with van der Waals surface area (Å²) in [5.74, 6) is -3.23. The minimum atomic E-state index is -4.55. The molecule has 8 heteroatoms. The largest absolute Gasteiger partial charge is 0.416 e. The highest BCUT2D eigenvalue weighted by atomic mass is 19.4. The number of fused-ring (bicyclic) bond motifs is 1. The summed E-state index contributed by atoms with van der Waals surface area (Å²) in [6, 6.07) is 2.45. The van der Waals surface area contributed by atoms with Gasteiger partial charge in [0.15, 0.2) is 0 Å². The third-order valence-corrected chi connectivity index (χ3v) is 4.28. The van der Waals surface area contributed by atoms with E-state index in [-0.39, 0.29) is 50.1 Å². The third-order valence-electron chi connectivity index (χ3n) is 4.28. The van der Waals surface area contributed by atoms with Crippen molar-refractivity contribution in [3.8, 4) is 0 Å². The van der Waals surface area contributed by atoms with E-state index in [9.17, 15) is 26.7 Å². The van der Waals surface area contributed by atoms with Gasteiger partial charge in [-0.3, -0.25) is 9.69 Å². The molecule has 0 bridgehead atoms. The number of nitrogens with zero attached hydrogens (tertiary/aromatic N) is 1. The Kier molecular flexibility index (Phi) is 3.82. The molecule has 126 valence electrons. The molecule has 0 spiro atoms. The lowest BCUT2D eigenvalue weighted by molar-refractivity contribution is -0.138. The highest BCUT2D eigenvalue weighted by molar-refractivity contribution is 5.99. The SMILES string of the molecule is O=C1NCc2c1cc(CN1CCC(F)(F)CC1)cc2C(F)(F)F. The number of rotatable bonds is 2. The van der Waals surface area contributed by atoms with Crippen LogP contribution in [-0.2, 0) is 19.3 Å². The second-order valence-electron chi connectivity index (χ2n) is 5.98. The first kappa shape index (κ1) is 16.2. The van der Waals surface area contributed by atoms with Crippen molar-refractivity contribution in [2.75, 3.05) is 13.1 Å². The van der Waals surface area contributed by atoms with Crippen molar-refractivity contribution < 1.29 is 26.7 Å². The van der Waals surface area contributed by atoms with Crippen LogP contribution in [0.3, 0.4) is 0 Å². The number of hydrogen-bond donors (Lipinski definition) is 1. The molecule has 0 radical (unpaired) electrons. The van der Waals surface area contributed by atoms with E-state index >= 15 is 0 Å². The molecule has 1 amide bonds. The monoisotopic (exact) mass is 334 g/mol. The molecule has 2 aliphatic heterocycles. The van der Waals surface area contributed by atoms with E-state index in [4.69, 9.17) is 0 Å². The van der Waals surface area contributed by atoms with E-state index in [1.807, 2.05) is 0 Å². The van der Waals surface area contributed by atoms with E-state index in [1.54, 1.807) is 4.90 Å². The summed E-state index contributed by atoms with van der Waals surface area (Å²) in [6.07, 6.45) is -5.16. The Labute approximate surface area is 129 Å². The van der Waals surface area contributed by atoms with Crippen molar-refractivity contribution in [1.82, 2.24) is 10.2 Å². The van der Waals surface area contributed by atoms with Crippen LogP contribution >= 0.6 is 0 Å². The molecule has 1 aromatic carbocycles. The molecule has 0 atom stereocenters. The Morgan fingerprint density at radius 1 is 1.17 bits per heavy atom. The van der Waals surface area contributed by atoms with Crippen LogP contribution in [0.2, 0.25) is 0 Å². The number of carbonyl (C=O) groups is 1. The van der Waals surface area contributed by atoms with Crippen molar-refractivity contribution in [2.45, 2.75) is 38.0 Å². The van der Waals surface area contributed by atoms with Gasteiger partial charge in [0.2, 0.25) is 0 Å². The van der Waals surface area contributed by atoms with Gasteiger partial charge in [-0.1, -0.05) is 0 Å². The fourth-order valence-electron chi connectivity index (χ4n) is 3.03. The molecule has 2 aliphatic rings. The second kappa shape index (κ2) is 5.43. The molecule has 3 rings (SSSR count). The molecule has 1 N–H and O–H groups in total. The maximum absolute atomic E-state index is 13.2. The van der Waals surface area contributed by atoms with Gasteiger partial charge in [0, 0.05) is 44.6 Å². The molecule has 3 nitrogen and oxygen atoms in total. The first-order valence-corrected chi connectivity index (χ1v) is 7.27. The van der Waals surface area contributed by atoms with Crippen LogP contribution in [0.15, 0.2) is 12.1 Å². The Morgan fingerprint density at radius 3 is 2.43 bits per heavy atom. The van der Waals surface area contributed by atoms with E-state index in [1.165, 1.54) is 6.07 Å². The molecule has 0 unspecified atom stereocenters. The summed E-state index contributed by atoms with van der Waals surface area (Å²) in [6.45, 7) is 0.230. The predicted molar refractivity (Wildman–Crippen MR) is 72.1 cm³/mol. The molecule has 0 aliphatic carbocycles. The number of carbonyl (C=O) groups excluding carboxylic acids is 1. The summed E-state index contributed by atoms with van der Waals surface area (Å²) in [7, 11) is 0.